The number of fused-ring (bicyclic) bond motifs is 1. The first-order chi connectivity index (χ1) is 16.5. The van der Waals surface area contributed by atoms with Crippen LogP contribution in [0.1, 0.15) is 31.4 Å². The van der Waals surface area contributed by atoms with E-state index in [1.165, 1.54) is 12.1 Å². The van der Waals surface area contributed by atoms with Crippen molar-refractivity contribution in [3.63, 3.8) is 0 Å². The molecule has 3 N–H and O–H groups in total. The highest BCUT2D eigenvalue weighted by molar-refractivity contribution is 5.85. The molecule has 5 rings (SSSR count). The molecule has 176 valence electrons. The van der Waals surface area contributed by atoms with Crippen LogP contribution < -0.4 is 15.8 Å². The number of nitrogens with two attached hydrogens (primary N) is 1. The fourth-order valence-electron chi connectivity index (χ4n) is 3.94. The summed E-state index contributed by atoms with van der Waals surface area (Å²) in [7, 11) is 0. The Morgan fingerprint density at radius 2 is 2.18 bits per heavy atom. The second kappa shape index (κ2) is 9.18. The van der Waals surface area contributed by atoms with Gasteiger partial charge >= 0.3 is 6.01 Å². The van der Waals surface area contributed by atoms with Crippen LogP contribution in [0.5, 0.6) is 6.01 Å². The molecule has 4 aromatic rings. The molecule has 11 heteroatoms. The Labute approximate surface area is 194 Å². The third-order valence-electron chi connectivity index (χ3n) is 5.60. The quantitative estimate of drug-likeness (QED) is 0.422. The maximum absolute atomic E-state index is 14.3. The largest absolute Gasteiger partial charge is 0.461 e. The summed E-state index contributed by atoms with van der Waals surface area (Å²) in [6.07, 6.45) is 5.22. The van der Waals surface area contributed by atoms with E-state index >= 15 is 0 Å². The topological polar surface area (TPSA) is 112 Å². The fourth-order valence-corrected chi connectivity index (χ4v) is 3.94. The van der Waals surface area contributed by atoms with Crippen molar-refractivity contribution in [3.8, 4) is 17.3 Å². The number of hydrogen-bond donors (Lipinski definition) is 2. The van der Waals surface area contributed by atoms with Crippen LogP contribution in [-0.2, 0) is 4.74 Å². The van der Waals surface area contributed by atoms with Gasteiger partial charge in [-0.2, -0.15) is 9.97 Å². The Morgan fingerprint density at radius 1 is 1.29 bits per heavy atom. The molecule has 9 nitrogen and oxygen atoms in total. The lowest BCUT2D eigenvalue weighted by Crippen LogP contribution is -2.18. The molecular formula is C23H23F2N7O2. The van der Waals surface area contributed by atoms with Crippen LogP contribution in [0.15, 0.2) is 42.7 Å². The first-order valence-corrected chi connectivity index (χ1v) is 10.9. The van der Waals surface area contributed by atoms with Gasteiger partial charge < -0.3 is 20.5 Å². The van der Waals surface area contributed by atoms with E-state index in [-0.39, 0.29) is 17.9 Å². The van der Waals surface area contributed by atoms with Gasteiger partial charge in [-0.3, -0.25) is 0 Å². The maximum atomic E-state index is 14.3. The van der Waals surface area contributed by atoms with E-state index in [9.17, 15) is 8.78 Å². The van der Waals surface area contributed by atoms with Gasteiger partial charge in [0.1, 0.15) is 24.1 Å². The van der Waals surface area contributed by atoms with Crippen LogP contribution in [0.2, 0.25) is 0 Å². The summed E-state index contributed by atoms with van der Waals surface area (Å²) in [6, 6.07) is 6.45. The normalized spacial score (nSPS) is 16.6. The van der Waals surface area contributed by atoms with Crippen molar-refractivity contribution in [1.82, 2.24) is 24.6 Å². The average Bonchev–Trinajstić information content (AvgIpc) is 3.44. The van der Waals surface area contributed by atoms with E-state index in [0.717, 1.165) is 18.9 Å². The summed E-state index contributed by atoms with van der Waals surface area (Å²) < 4.78 is 40.7. The Kier molecular flexibility index (Phi) is 5.93. The van der Waals surface area contributed by atoms with Crippen LogP contribution in [-0.4, -0.2) is 43.9 Å². The van der Waals surface area contributed by atoms with Gasteiger partial charge in [-0.15, -0.1) is 5.10 Å². The van der Waals surface area contributed by atoms with Crippen molar-refractivity contribution in [2.75, 3.05) is 24.3 Å². The number of halogens is 2. The minimum absolute atomic E-state index is 0.0281. The van der Waals surface area contributed by atoms with Gasteiger partial charge in [0.05, 0.1) is 23.4 Å². The highest BCUT2D eigenvalue weighted by Gasteiger charge is 2.21. The molecule has 0 radical (unpaired) electrons. The van der Waals surface area contributed by atoms with Crippen LogP contribution in [0, 0.1) is 11.6 Å². The molecule has 0 aliphatic carbocycles. The molecule has 0 spiro atoms. The molecule has 4 heterocycles. The molecule has 0 amide bonds. The lowest BCUT2D eigenvalue weighted by atomic mass is 10.1. The van der Waals surface area contributed by atoms with Gasteiger partial charge in [0, 0.05) is 36.7 Å². The van der Waals surface area contributed by atoms with Gasteiger partial charge in [-0.1, -0.05) is 6.07 Å². The SMILES string of the molecule is C[C@H](Nc1cc(-c2c(N)nn3cccnc23)nc(OCC2CCCO2)n1)c1ccc(F)cc1F. The number of nitrogens with zero attached hydrogens (tertiary/aromatic N) is 5. The van der Waals surface area contributed by atoms with E-state index in [2.05, 4.69) is 25.4 Å². The van der Waals surface area contributed by atoms with Gasteiger partial charge in [-0.25, -0.2) is 18.3 Å². The lowest BCUT2D eigenvalue weighted by Gasteiger charge is -2.17. The molecule has 1 unspecified atom stereocenters. The minimum atomic E-state index is -0.653. The van der Waals surface area contributed by atoms with E-state index in [4.69, 9.17) is 15.2 Å². The molecule has 1 aliphatic rings. The zero-order valence-electron chi connectivity index (χ0n) is 18.4. The summed E-state index contributed by atoms with van der Waals surface area (Å²) in [6.45, 7) is 2.75. The van der Waals surface area contributed by atoms with Gasteiger partial charge in [0.15, 0.2) is 11.5 Å². The first kappa shape index (κ1) is 22.0. The number of rotatable bonds is 7. The summed E-state index contributed by atoms with van der Waals surface area (Å²) in [5.74, 6) is -0.678. The summed E-state index contributed by atoms with van der Waals surface area (Å²) >= 11 is 0. The molecule has 34 heavy (non-hydrogen) atoms. The van der Waals surface area contributed by atoms with Gasteiger partial charge in [-0.05, 0) is 31.9 Å². The second-order valence-electron chi connectivity index (χ2n) is 8.05. The molecule has 0 saturated carbocycles. The van der Waals surface area contributed by atoms with Gasteiger partial charge in [0.2, 0.25) is 0 Å². The van der Waals surface area contributed by atoms with Crippen LogP contribution in [0.4, 0.5) is 20.4 Å². The van der Waals surface area contributed by atoms with Crippen LogP contribution in [0.3, 0.4) is 0 Å². The molecule has 1 saturated heterocycles. The Bertz CT molecular complexity index is 1320. The van der Waals surface area contributed by atoms with Crippen molar-refractivity contribution in [3.05, 3.63) is 59.9 Å². The number of benzene rings is 1. The van der Waals surface area contributed by atoms with Crippen LogP contribution in [0.25, 0.3) is 16.9 Å². The summed E-state index contributed by atoms with van der Waals surface area (Å²) in [5, 5.41) is 7.43. The zero-order valence-corrected chi connectivity index (χ0v) is 18.4. The van der Waals surface area contributed by atoms with E-state index in [0.29, 0.717) is 41.5 Å². The summed E-state index contributed by atoms with van der Waals surface area (Å²) in [4.78, 5) is 13.3. The second-order valence-corrected chi connectivity index (χ2v) is 8.05. The maximum Gasteiger partial charge on any atom is 0.319 e. The zero-order chi connectivity index (χ0) is 23.7. The van der Waals surface area contributed by atoms with Crippen molar-refractivity contribution in [2.24, 2.45) is 0 Å². The third kappa shape index (κ3) is 4.46. The predicted molar refractivity (Wildman–Crippen MR) is 121 cm³/mol. The van der Waals surface area contributed by atoms with Crippen LogP contribution >= 0.6 is 0 Å². The third-order valence-corrected chi connectivity index (χ3v) is 5.60. The number of hydrogen-bond acceptors (Lipinski definition) is 8. The van der Waals surface area contributed by atoms with Crippen molar-refractivity contribution in [2.45, 2.75) is 31.9 Å². The smallest absolute Gasteiger partial charge is 0.319 e. The number of ether oxygens (including phenoxy) is 2. The molecular weight excluding hydrogens is 444 g/mol. The Morgan fingerprint density at radius 3 is 2.97 bits per heavy atom. The highest BCUT2D eigenvalue weighted by atomic mass is 19.1. The van der Waals surface area contributed by atoms with E-state index < -0.39 is 17.7 Å². The number of nitrogen functional groups attached to an aromatic ring is 1. The van der Waals surface area contributed by atoms with Crippen molar-refractivity contribution in [1.29, 1.82) is 0 Å². The number of aromatic nitrogens is 5. The number of nitrogens with one attached hydrogen (secondary N) is 1. The van der Waals surface area contributed by atoms with Crippen molar-refractivity contribution >= 4 is 17.3 Å². The molecule has 0 bridgehead atoms. The van der Waals surface area contributed by atoms with E-state index in [1.807, 2.05) is 0 Å². The minimum Gasteiger partial charge on any atom is -0.461 e. The fraction of sp³-hybridized carbons (Fsp3) is 0.304. The molecule has 1 aliphatic heterocycles. The molecule has 1 aromatic carbocycles. The van der Waals surface area contributed by atoms with Crippen molar-refractivity contribution < 1.29 is 18.3 Å². The Balaban J connectivity index is 1.51. The molecule has 1 fully saturated rings. The lowest BCUT2D eigenvalue weighted by molar-refractivity contribution is 0.0646. The molecule has 2 atom stereocenters. The summed E-state index contributed by atoms with van der Waals surface area (Å²) in [5.41, 5.74) is 7.96. The van der Waals surface area contributed by atoms with E-state index in [1.54, 1.807) is 36.0 Å². The molecule has 3 aromatic heterocycles. The number of anilines is 2. The first-order valence-electron chi connectivity index (χ1n) is 10.9. The standard InChI is InChI=1S/C23H23F2N7O2/c1-13(16-6-5-14(24)10-17(16)25)28-19-11-18(20-21(26)31-32-8-3-7-27-22(20)32)29-23(30-19)34-12-15-4-2-9-33-15/h3,5-8,10-11,13,15H,2,4,9,12H2,1H3,(H2,26,31)(H,28,29,30)/t13-,15?/m0/s1. The predicted octanol–water partition coefficient (Wildman–Crippen LogP) is 3.78. The average molecular weight is 467 g/mol. The highest BCUT2D eigenvalue weighted by Crippen LogP contribution is 2.31. The van der Waals surface area contributed by atoms with Gasteiger partial charge in [0.25, 0.3) is 0 Å². The Hall–Kier alpha value is -3.86. The monoisotopic (exact) mass is 467 g/mol.